The van der Waals surface area contributed by atoms with E-state index in [2.05, 4.69) is 4.98 Å². The van der Waals surface area contributed by atoms with Gasteiger partial charge in [0, 0.05) is 13.6 Å². The predicted molar refractivity (Wildman–Crippen MR) is 61.0 cm³/mol. The number of hydrazine groups is 1. The lowest BCUT2D eigenvalue weighted by Gasteiger charge is -2.21. The van der Waals surface area contributed by atoms with Gasteiger partial charge in [0.15, 0.2) is 0 Å². The number of anilines is 2. The molecule has 0 aliphatic rings. The Kier molecular flexibility index (Phi) is 4.69. The highest BCUT2D eigenvalue weighted by Gasteiger charge is 2.32. The fraction of sp³-hybridized carbons (Fsp3) is 0.500. The van der Waals surface area contributed by atoms with Gasteiger partial charge in [0.1, 0.15) is 11.6 Å². The van der Waals surface area contributed by atoms with E-state index in [4.69, 9.17) is 5.84 Å². The van der Waals surface area contributed by atoms with E-state index in [1.807, 2.05) is 5.43 Å². The number of nitrogen functional groups attached to an aromatic ring is 1. The van der Waals surface area contributed by atoms with Gasteiger partial charge in [0.25, 0.3) is 0 Å². The van der Waals surface area contributed by atoms with E-state index in [0.717, 1.165) is 4.90 Å². The molecule has 0 unspecified atom stereocenters. The number of halogens is 6. The average molecular weight is 302 g/mol. The molecule has 1 aromatic heterocycles. The van der Waals surface area contributed by atoms with Crippen molar-refractivity contribution < 1.29 is 26.3 Å². The SMILES string of the molecule is CN(CCC(F)(F)F)c1cc(C(F)(F)F)cc(NN)n1. The molecule has 0 atom stereocenters. The molecule has 1 rings (SSSR count). The van der Waals surface area contributed by atoms with Crippen LogP contribution in [0.3, 0.4) is 0 Å². The van der Waals surface area contributed by atoms with E-state index in [1.54, 1.807) is 0 Å². The third-order valence-corrected chi connectivity index (χ3v) is 2.41. The monoisotopic (exact) mass is 302 g/mol. The zero-order chi connectivity index (χ0) is 15.6. The average Bonchev–Trinajstić information content (AvgIpc) is 2.33. The zero-order valence-corrected chi connectivity index (χ0v) is 10.3. The highest BCUT2D eigenvalue weighted by Crippen LogP contribution is 2.32. The molecule has 0 saturated heterocycles. The van der Waals surface area contributed by atoms with Crippen LogP contribution in [0.4, 0.5) is 38.0 Å². The smallest absolute Gasteiger partial charge is 0.359 e. The van der Waals surface area contributed by atoms with Crippen molar-refractivity contribution >= 4 is 11.6 Å². The maximum absolute atomic E-state index is 12.6. The molecule has 4 nitrogen and oxygen atoms in total. The number of nitrogens with zero attached hydrogens (tertiary/aromatic N) is 2. The second kappa shape index (κ2) is 5.73. The van der Waals surface area contributed by atoms with Gasteiger partial charge in [0.2, 0.25) is 0 Å². The first-order valence-electron chi connectivity index (χ1n) is 5.37. The topological polar surface area (TPSA) is 54.2 Å². The number of pyridine rings is 1. The summed E-state index contributed by atoms with van der Waals surface area (Å²) in [6.45, 7) is -0.512. The second-order valence-electron chi connectivity index (χ2n) is 4.03. The summed E-state index contributed by atoms with van der Waals surface area (Å²) in [5, 5.41) is 0. The number of rotatable bonds is 4. The molecule has 1 aromatic rings. The van der Waals surface area contributed by atoms with Crippen LogP contribution in [0.5, 0.6) is 0 Å². The molecule has 0 spiro atoms. The Balaban J connectivity index is 2.99. The van der Waals surface area contributed by atoms with Crippen LogP contribution in [0.2, 0.25) is 0 Å². The summed E-state index contributed by atoms with van der Waals surface area (Å²) in [5.74, 6) is 4.46. The lowest BCUT2D eigenvalue weighted by molar-refractivity contribution is -0.137. The second-order valence-corrected chi connectivity index (χ2v) is 4.03. The number of nitrogens with one attached hydrogen (secondary N) is 1. The van der Waals surface area contributed by atoms with Crippen molar-refractivity contribution in [1.82, 2.24) is 4.98 Å². The van der Waals surface area contributed by atoms with Crippen molar-refractivity contribution in [1.29, 1.82) is 0 Å². The van der Waals surface area contributed by atoms with E-state index >= 15 is 0 Å². The third kappa shape index (κ3) is 4.76. The van der Waals surface area contributed by atoms with Crippen LogP contribution in [0, 0.1) is 0 Å². The molecule has 114 valence electrons. The minimum Gasteiger partial charge on any atom is -0.359 e. The fourth-order valence-corrected chi connectivity index (χ4v) is 1.36. The van der Waals surface area contributed by atoms with E-state index in [0.29, 0.717) is 12.1 Å². The number of hydrogen-bond acceptors (Lipinski definition) is 4. The highest BCUT2D eigenvalue weighted by molar-refractivity contribution is 5.50. The molecule has 1 heterocycles. The van der Waals surface area contributed by atoms with Gasteiger partial charge in [-0.05, 0) is 12.1 Å². The standard InChI is InChI=1S/C10H12F6N4/c1-20(3-2-9(11,12)13)8-5-6(10(14,15)16)4-7(18-8)19-17/h4-5H,2-3,17H2,1H3,(H,18,19). The van der Waals surface area contributed by atoms with Crippen molar-refractivity contribution in [3.63, 3.8) is 0 Å². The van der Waals surface area contributed by atoms with Gasteiger partial charge in [-0.25, -0.2) is 10.8 Å². The summed E-state index contributed by atoms with van der Waals surface area (Å²) in [7, 11) is 1.22. The Bertz CT molecular complexity index is 456. The Hall–Kier alpha value is -1.71. The number of alkyl halides is 6. The molecule has 0 bridgehead atoms. The van der Waals surface area contributed by atoms with Crippen LogP contribution < -0.4 is 16.2 Å². The van der Waals surface area contributed by atoms with Gasteiger partial charge in [0.05, 0.1) is 12.0 Å². The van der Waals surface area contributed by atoms with Crippen LogP contribution in [0.15, 0.2) is 12.1 Å². The van der Waals surface area contributed by atoms with Crippen LogP contribution in [-0.2, 0) is 6.18 Å². The van der Waals surface area contributed by atoms with Crippen molar-refractivity contribution in [3.05, 3.63) is 17.7 Å². The molecule has 0 aliphatic carbocycles. The number of nitrogens with two attached hydrogens (primary N) is 1. The molecule has 0 saturated carbocycles. The van der Waals surface area contributed by atoms with Crippen LogP contribution in [0.25, 0.3) is 0 Å². The first kappa shape index (κ1) is 16.3. The Morgan fingerprint density at radius 3 is 2.25 bits per heavy atom. The molecular formula is C10H12F6N4. The Labute approximate surface area is 110 Å². The van der Waals surface area contributed by atoms with Crippen molar-refractivity contribution in [2.45, 2.75) is 18.8 Å². The molecule has 0 aliphatic heterocycles. The van der Waals surface area contributed by atoms with Gasteiger partial charge >= 0.3 is 12.4 Å². The van der Waals surface area contributed by atoms with Crippen LogP contribution in [-0.4, -0.2) is 24.8 Å². The molecule has 20 heavy (non-hydrogen) atoms. The predicted octanol–water partition coefficient (Wildman–Crippen LogP) is 2.77. The van der Waals surface area contributed by atoms with E-state index in [9.17, 15) is 26.3 Å². The van der Waals surface area contributed by atoms with Gasteiger partial charge < -0.3 is 10.3 Å². The van der Waals surface area contributed by atoms with Crippen molar-refractivity contribution in [2.75, 3.05) is 23.9 Å². The van der Waals surface area contributed by atoms with Gasteiger partial charge in [-0.2, -0.15) is 26.3 Å². The largest absolute Gasteiger partial charge is 0.416 e. The first-order valence-corrected chi connectivity index (χ1v) is 5.37. The molecular weight excluding hydrogens is 290 g/mol. The minimum atomic E-state index is -4.64. The summed E-state index contributed by atoms with van der Waals surface area (Å²) in [4.78, 5) is 4.66. The number of aromatic nitrogens is 1. The maximum atomic E-state index is 12.6. The van der Waals surface area contributed by atoms with Gasteiger partial charge in [-0.15, -0.1) is 0 Å². The lowest BCUT2D eigenvalue weighted by Crippen LogP contribution is -2.25. The summed E-state index contributed by atoms with van der Waals surface area (Å²) in [6, 6.07) is 1.33. The normalized spacial score (nSPS) is 12.4. The fourth-order valence-electron chi connectivity index (χ4n) is 1.36. The minimum absolute atomic E-state index is 0.253. The molecule has 3 N–H and O–H groups in total. The van der Waals surface area contributed by atoms with Crippen LogP contribution >= 0.6 is 0 Å². The quantitative estimate of drug-likeness (QED) is 0.510. The zero-order valence-electron chi connectivity index (χ0n) is 10.3. The molecule has 0 fully saturated rings. The van der Waals surface area contributed by atoms with E-state index in [1.165, 1.54) is 7.05 Å². The number of hydrogen-bond donors (Lipinski definition) is 2. The molecule has 0 aromatic carbocycles. The Morgan fingerprint density at radius 1 is 1.20 bits per heavy atom. The molecule has 10 heteroatoms. The third-order valence-electron chi connectivity index (χ3n) is 2.41. The lowest BCUT2D eigenvalue weighted by atomic mass is 10.2. The molecule has 0 amide bonds. The highest BCUT2D eigenvalue weighted by atomic mass is 19.4. The van der Waals surface area contributed by atoms with Gasteiger partial charge in [-0.1, -0.05) is 0 Å². The molecule has 0 radical (unpaired) electrons. The summed E-state index contributed by atoms with van der Waals surface area (Å²) in [5.41, 5.74) is 0.900. The van der Waals surface area contributed by atoms with Crippen molar-refractivity contribution in [3.8, 4) is 0 Å². The maximum Gasteiger partial charge on any atom is 0.416 e. The Morgan fingerprint density at radius 2 is 1.80 bits per heavy atom. The van der Waals surface area contributed by atoms with Crippen molar-refractivity contribution in [2.24, 2.45) is 5.84 Å². The van der Waals surface area contributed by atoms with Gasteiger partial charge in [-0.3, -0.25) is 0 Å². The van der Waals surface area contributed by atoms with E-state index < -0.39 is 30.9 Å². The van der Waals surface area contributed by atoms with E-state index in [-0.39, 0.29) is 11.6 Å². The summed E-state index contributed by atoms with van der Waals surface area (Å²) in [6.07, 6.45) is -10.2. The summed E-state index contributed by atoms with van der Waals surface area (Å²) >= 11 is 0. The summed E-state index contributed by atoms with van der Waals surface area (Å²) < 4.78 is 74.1. The van der Waals surface area contributed by atoms with Crippen LogP contribution in [0.1, 0.15) is 12.0 Å². The first-order chi connectivity index (χ1) is 9.03.